The van der Waals surface area contributed by atoms with Gasteiger partial charge in [0.25, 0.3) is 0 Å². The summed E-state index contributed by atoms with van der Waals surface area (Å²) in [5.74, 6) is -0.288. The van der Waals surface area contributed by atoms with Crippen LogP contribution in [0.3, 0.4) is 0 Å². The van der Waals surface area contributed by atoms with Crippen molar-refractivity contribution >= 4 is 34.7 Å². The van der Waals surface area contributed by atoms with Gasteiger partial charge in [0, 0.05) is 6.20 Å². The van der Waals surface area contributed by atoms with Gasteiger partial charge in [-0.15, -0.1) is 10.2 Å². The molecule has 0 fully saturated rings. The quantitative estimate of drug-likeness (QED) is 0.624. The molecule has 128 valence electrons. The first-order valence-corrected chi connectivity index (χ1v) is 8.18. The fraction of sp³-hybridized carbons (Fsp3) is 0.222. The van der Waals surface area contributed by atoms with E-state index in [0.717, 1.165) is 16.9 Å². The summed E-state index contributed by atoms with van der Waals surface area (Å²) in [5, 5.41) is 17.9. The molecular formula is C18H17ClN4O2. The Bertz CT molecular complexity index is 992. The number of hydrogen-bond acceptors (Lipinski definition) is 4. The molecule has 25 heavy (non-hydrogen) atoms. The number of azo groups is 1. The Labute approximate surface area is 149 Å². The Morgan fingerprint density at radius 2 is 2.04 bits per heavy atom. The molecule has 2 aromatic heterocycles. The maximum atomic E-state index is 11.2. The largest absolute Gasteiger partial charge is 0.478 e. The van der Waals surface area contributed by atoms with Crippen molar-refractivity contribution in [1.82, 2.24) is 9.38 Å². The lowest BCUT2D eigenvalue weighted by atomic mass is 10.1. The molecule has 1 N–H and O–H groups in total. The van der Waals surface area contributed by atoms with Gasteiger partial charge in [0.2, 0.25) is 0 Å². The van der Waals surface area contributed by atoms with Gasteiger partial charge in [0.1, 0.15) is 5.65 Å². The molecule has 0 spiro atoms. The molecule has 6 nitrogen and oxygen atoms in total. The predicted octanol–water partition coefficient (Wildman–Crippen LogP) is 5.53. The molecule has 0 unspecified atom stereocenters. The minimum atomic E-state index is -1.10. The second-order valence-electron chi connectivity index (χ2n) is 6.03. The number of aromatic nitrogens is 2. The van der Waals surface area contributed by atoms with Gasteiger partial charge in [-0.25, -0.2) is 9.78 Å². The number of aryl methyl sites for hydroxylation is 1. The molecule has 0 saturated carbocycles. The van der Waals surface area contributed by atoms with Crippen molar-refractivity contribution in [2.75, 3.05) is 0 Å². The normalized spacial score (nSPS) is 11.7. The first-order chi connectivity index (χ1) is 11.9. The van der Waals surface area contributed by atoms with Crippen molar-refractivity contribution in [3.8, 4) is 0 Å². The van der Waals surface area contributed by atoms with Gasteiger partial charge in [0.15, 0.2) is 5.82 Å². The molecule has 7 heteroatoms. The van der Waals surface area contributed by atoms with Crippen LogP contribution in [-0.4, -0.2) is 20.5 Å². The highest BCUT2D eigenvalue weighted by Gasteiger charge is 2.16. The molecule has 3 rings (SSSR count). The molecule has 0 aliphatic heterocycles. The summed E-state index contributed by atoms with van der Waals surface area (Å²) in [6.07, 6.45) is 1.89. The summed E-state index contributed by atoms with van der Waals surface area (Å²) < 4.78 is 1.89. The van der Waals surface area contributed by atoms with Crippen LogP contribution in [0.4, 0.5) is 11.5 Å². The van der Waals surface area contributed by atoms with Crippen LogP contribution in [0, 0.1) is 6.92 Å². The average Bonchev–Trinajstić information content (AvgIpc) is 2.94. The number of nitrogens with zero attached hydrogens (tertiary/aromatic N) is 4. The number of imidazole rings is 1. The van der Waals surface area contributed by atoms with Crippen LogP contribution in [0.2, 0.25) is 5.02 Å². The van der Waals surface area contributed by atoms with Gasteiger partial charge in [0.05, 0.1) is 22.0 Å². The Morgan fingerprint density at radius 3 is 2.72 bits per heavy atom. The van der Waals surface area contributed by atoms with Gasteiger partial charge in [-0.3, -0.25) is 4.40 Å². The fourth-order valence-electron chi connectivity index (χ4n) is 2.54. The number of carboxylic acid groups (broad SMARTS) is 1. The zero-order valence-electron chi connectivity index (χ0n) is 14.1. The summed E-state index contributed by atoms with van der Waals surface area (Å²) in [5.41, 5.74) is 3.13. The molecule has 0 atom stereocenters. The van der Waals surface area contributed by atoms with Crippen molar-refractivity contribution in [3.05, 3.63) is 58.4 Å². The SMILES string of the molecule is Cc1cccn2c(N=Nc3ccc(Cl)c(C(=O)O)c3)c(C(C)C)nc12. The molecule has 1 aromatic carbocycles. The third-order valence-corrected chi connectivity index (χ3v) is 4.16. The summed E-state index contributed by atoms with van der Waals surface area (Å²) in [6, 6.07) is 8.45. The van der Waals surface area contributed by atoms with E-state index in [2.05, 4.69) is 15.2 Å². The van der Waals surface area contributed by atoms with Gasteiger partial charge in [-0.05, 0) is 42.7 Å². The maximum absolute atomic E-state index is 11.2. The van der Waals surface area contributed by atoms with E-state index in [0.29, 0.717) is 11.5 Å². The molecular weight excluding hydrogens is 340 g/mol. The molecule has 0 bridgehead atoms. The Hall–Kier alpha value is -2.73. The van der Waals surface area contributed by atoms with E-state index in [1.165, 1.54) is 12.1 Å². The average molecular weight is 357 g/mol. The molecule has 0 aliphatic carbocycles. The highest BCUT2D eigenvalue weighted by molar-refractivity contribution is 6.33. The second kappa shape index (κ2) is 6.64. The molecule has 0 amide bonds. The van der Waals surface area contributed by atoms with Crippen molar-refractivity contribution in [2.24, 2.45) is 10.2 Å². The lowest BCUT2D eigenvalue weighted by Gasteiger charge is -2.02. The zero-order chi connectivity index (χ0) is 18.1. The van der Waals surface area contributed by atoms with Crippen molar-refractivity contribution < 1.29 is 9.90 Å². The lowest BCUT2D eigenvalue weighted by molar-refractivity contribution is 0.0697. The molecule has 3 aromatic rings. The summed E-state index contributed by atoms with van der Waals surface area (Å²) in [4.78, 5) is 15.9. The standard InChI is InChI=1S/C18H17ClN4O2/c1-10(2)15-17(23-8-4-5-11(3)16(23)20-15)22-21-12-6-7-14(19)13(9-12)18(24)25/h4-10H,1-3H3,(H,24,25). The molecule has 0 aliphatic rings. The minimum absolute atomic E-state index is 0.00353. The molecule has 0 saturated heterocycles. The van der Waals surface area contributed by atoms with Crippen LogP contribution in [0.25, 0.3) is 5.65 Å². The number of carbonyl (C=O) groups is 1. The fourth-order valence-corrected chi connectivity index (χ4v) is 2.74. The number of hydrogen-bond donors (Lipinski definition) is 1. The van der Waals surface area contributed by atoms with Crippen LogP contribution >= 0.6 is 11.6 Å². The Balaban J connectivity index is 2.10. The summed E-state index contributed by atoms with van der Waals surface area (Å²) in [7, 11) is 0. The highest BCUT2D eigenvalue weighted by atomic mass is 35.5. The van der Waals surface area contributed by atoms with E-state index < -0.39 is 5.97 Å². The van der Waals surface area contributed by atoms with Crippen LogP contribution in [-0.2, 0) is 0 Å². The van der Waals surface area contributed by atoms with Crippen LogP contribution in [0.5, 0.6) is 0 Å². The number of fused-ring (bicyclic) bond motifs is 1. The number of aromatic carboxylic acids is 1. The smallest absolute Gasteiger partial charge is 0.337 e. The minimum Gasteiger partial charge on any atom is -0.478 e. The van der Waals surface area contributed by atoms with Crippen molar-refractivity contribution in [1.29, 1.82) is 0 Å². The van der Waals surface area contributed by atoms with E-state index >= 15 is 0 Å². The Morgan fingerprint density at radius 1 is 1.28 bits per heavy atom. The number of carboxylic acids is 1. The van der Waals surface area contributed by atoms with E-state index in [-0.39, 0.29) is 16.5 Å². The van der Waals surface area contributed by atoms with Crippen LogP contribution in [0.1, 0.15) is 41.4 Å². The van der Waals surface area contributed by atoms with Crippen LogP contribution in [0.15, 0.2) is 46.8 Å². The van der Waals surface area contributed by atoms with Crippen LogP contribution < -0.4 is 0 Å². The zero-order valence-corrected chi connectivity index (χ0v) is 14.8. The lowest BCUT2D eigenvalue weighted by Crippen LogP contribution is -1.96. The third kappa shape index (κ3) is 3.25. The number of pyridine rings is 1. The monoisotopic (exact) mass is 356 g/mol. The second-order valence-corrected chi connectivity index (χ2v) is 6.44. The Kier molecular flexibility index (Phi) is 4.55. The summed E-state index contributed by atoms with van der Waals surface area (Å²) in [6.45, 7) is 6.08. The van der Waals surface area contributed by atoms with Gasteiger partial charge in [-0.2, -0.15) is 0 Å². The van der Waals surface area contributed by atoms with E-state index in [1.54, 1.807) is 6.07 Å². The third-order valence-electron chi connectivity index (χ3n) is 3.83. The predicted molar refractivity (Wildman–Crippen MR) is 96.6 cm³/mol. The first-order valence-electron chi connectivity index (χ1n) is 7.80. The van der Waals surface area contributed by atoms with Crippen molar-refractivity contribution in [2.45, 2.75) is 26.7 Å². The first kappa shape index (κ1) is 17.1. The molecule has 0 radical (unpaired) electrons. The maximum Gasteiger partial charge on any atom is 0.337 e. The van der Waals surface area contributed by atoms with Crippen molar-refractivity contribution in [3.63, 3.8) is 0 Å². The highest BCUT2D eigenvalue weighted by Crippen LogP contribution is 2.31. The number of benzene rings is 1. The number of halogens is 1. The van der Waals surface area contributed by atoms with Gasteiger partial charge < -0.3 is 5.11 Å². The molecule has 2 heterocycles. The summed E-state index contributed by atoms with van der Waals surface area (Å²) >= 11 is 5.89. The van der Waals surface area contributed by atoms with Gasteiger partial charge in [-0.1, -0.05) is 31.5 Å². The topological polar surface area (TPSA) is 79.3 Å². The van der Waals surface area contributed by atoms with Gasteiger partial charge >= 0.3 is 5.97 Å². The van der Waals surface area contributed by atoms with E-state index in [1.807, 2.05) is 43.5 Å². The van der Waals surface area contributed by atoms with E-state index in [4.69, 9.17) is 16.7 Å². The van der Waals surface area contributed by atoms with E-state index in [9.17, 15) is 4.79 Å². The number of rotatable bonds is 4.